The SMILES string of the molecule is Cl.NC1C2CCC(C2)C1C(=O)NC1CC2CCC1C2. The Morgan fingerprint density at radius 2 is 1.68 bits per heavy atom. The van der Waals surface area contributed by atoms with Crippen molar-refractivity contribution in [3.8, 4) is 0 Å². The highest BCUT2D eigenvalue weighted by Gasteiger charge is 2.50. The fourth-order valence-corrected chi connectivity index (χ4v) is 5.43. The molecule has 3 nitrogen and oxygen atoms in total. The molecule has 3 N–H and O–H groups in total. The van der Waals surface area contributed by atoms with E-state index in [2.05, 4.69) is 5.32 Å². The summed E-state index contributed by atoms with van der Waals surface area (Å²) in [6.45, 7) is 0. The van der Waals surface area contributed by atoms with Gasteiger partial charge in [-0.25, -0.2) is 0 Å². The van der Waals surface area contributed by atoms with Gasteiger partial charge in [-0.15, -0.1) is 12.4 Å². The number of fused-ring (bicyclic) bond motifs is 4. The lowest BCUT2D eigenvalue weighted by molar-refractivity contribution is -0.128. The Balaban J connectivity index is 0.00000110. The van der Waals surface area contributed by atoms with E-state index < -0.39 is 0 Å². The van der Waals surface area contributed by atoms with Crippen LogP contribution in [-0.2, 0) is 4.79 Å². The van der Waals surface area contributed by atoms with Crippen LogP contribution >= 0.6 is 12.4 Å². The molecule has 0 aromatic rings. The summed E-state index contributed by atoms with van der Waals surface area (Å²) < 4.78 is 0. The van der Waals surface area contributed by atoms with Crippen LogP contribution in [-0.4, -0.2) is 18.0 Å². The van der Waals surface area contributed by atoms with Gasteiger partial charge < -0.3 is 11.1 Å². The number of hydrogen-bond acceptors (Lipinski definition) is 2. The summed E-state index contributed by atoms with van der Waals surface area (Å²) in [4.78, 5) is 12.5. The molecule has 4 rings (SSSR count). The van der Waals surface area contributed by atoms with Crippen LogP contribution in [0.4, 0.5) is 0 Å². The van der Waals surface area contributed by atoms with Gasteiger partial charge in [0.1, 0.15) is 0 Å². The lowest BCUT2D eigenvalue weighted by Gasteiger charge is -2.30. The van der Waals surface area contributed by atoms with Gasteiger partial charge in [-0.1, -0.05) is 6.42 Å². The molecule has 4 bridgehead atoms. The van der Waals surface area contributed by atoms with Crippen molar-refractivity contribution in [3.05, 3.63) is 0 Å². The number of amides is 1. The molecule has 4 aliphatic carbocycles. The van der Waals surface area contributed by atoms with E-state index in [0.29, 0.717) is 17.9 Å². The zero-order valence-electron chi connectivity index (χ0n) is 11.4. The van der Waals surface area contributed by atoms with Gasteiger partial charge in [0, 0.05) is 12.1 Å². The number of halogens is 1. The van der Waals surface area contributed by atoms with Gasteiger partial charge in [0.15, 0.2) is 0 Å². The van der Waals surface area contributed by atoms with Crippen molar-refractivity contribution in [2.24, 2.45) is 35.3 Å². The van der Waals surface area contributed by atoms with E-state index in [1.807, 2.05) is 0 Å². The largest absolute Gasteiger partial charge is 0.353 e. The zero-order chi connectivity index (χ0) is 12.3. The predicted molar refractivity (Wildman–Crippen MR) is 76.9 cm³/mol. The van der Waals surface area contributed by atoms with Crippen molar-refractivity contribution in [1.29, 1.82) is 0 Å². The van der Waals surface area contributed by atoms with Gasteiger partial charge in [-0.05, 0) is 62.2 Å². The van der Waals surface area contributed by atoms with Crippen molar-refractivity contribution >= 4 is 18.3 Å². The summed E-state index contributed by atoms with van der Waals surface area (Å²) in [5.74, 6) is 3.30. The molecule has 4 fully saturated rings. The molecule has 4 saturated carbocycles. The third-order valence-electron chi connectivity index (χ3n) is 6.35. The van der Waals surface area contributed by atoms with Crippen LogP contribution in [0, 0.1) is 29.6 Å². The fraction of sp³-hybridized carbons (Fsp3) is 0.933. The van der Waals surface area contributed by atoms with Crippen molar-refractivity contribution in [2.75, 3.05) is 0 Å². The maximum atomic E-state index is 12.5. The Morgan fingerprint density at radius 1 is 0.947 bits per heavy atom. The Bertz CT molecular complexity index is 373. The highest BCUT2D eigenvalue weighted by molar-refractivity contribution is 5.85. The summed E-state index contributed by atoms with van der Waals surface area (Å²) in [6.07, 6.45) is 9.00. The number of nitrogens with one attached hydrogen (secondary N) is 1. The Labute approximate surface area is 121 Å². The molecular formula is C15H25ClN2O. The van der Waals surface area contributed by atoms with E-state index in [-0.39, 0.29) is 30.3 Å². The molecule has 4 heteroatoms. The molecular weight excluding hydrogens is 260 g/mol. The Morgan fingerprint density at radius 3 is 2.26 bits per heavy atom. The summed E-state index contributed by atoms with van der Waals surface area (Å²) in [5.41, 5.74) is 6.25. The lowest BCUT2D eigenvalue weighted by Crippen LogP contribution is -2.49. The van der Waals surface area contributed by atoms with Crippen LogP contribution in [0.3, 0.4) is 0 Å². The molecule has 108 valence electrons. The van der Waals surface area contributed by atoms with E-state index >= 15 is 0 Å². The van der Waals surface area contributed by atoms with Gasteiger partial charge in [0.2, 0.25) is 5.91 Å². The number of carbonyl (C=O) groups excluding carboxylic acids is 1. The number of carbonyl (C=O) groups is 1. The molecule has 0 aliphatic heterocycles. The average Bonchev–Trinajstić information content (AvgIpc) is 3.07. The molecule has 4 aliphatic rings. The quantitative estimate of drug-likeness (QED) is 0.816. The van der Waals surface area contributed by atoms with Crippen molar-refractivity contribution < 1.29 is 4.79 Å². The molecule has 0 spiro atoms. The summed E-state index contributed by atoms with van der Waals surface area (Å²) >= 11 is 0. The Kier molecular flexibility index (Phi) is 3.55. The van der Waals surface area contributed by atoms with E-state index in [0.717, 1.165) is 11.8 Å². The van der Waals surface area contributed by atoms with Gasteiger partial charge in [-0.2, -0.15) is 0 Å². The maximum Gasteiger partial charge on any atom is 0.225 e. The normalized spacial score (nSPS) is 50.3. The van der Waals surface area contributed by atoms with E-state index in [1.165, 1.54) is 44.9 Å². The van der Waals surface area contributed by atoms with Crippen LogP contribution in [0.25, 0.3) is 0 Å². The molecule has 7 atom stereocenters. The first kappa shape index (κ1) is 13.7. The van der Waals surface area contributed by atoms with E-state index in [4.69, 9.17) is 5.73 Å². The van der Waals surface area contributed by atoms with Gasteiger partial charge >= 0.3 is 0 Å². The van der Waals surface area contributed by atoms with Gasteiger partial charge in [-0.3, -0.25) is 4.79 Å². The van der Waals surface area contributed by atoms with Crippen LogP contribution in [0.2, 0.25) is 0 Å². The van der Waals surface area contributed by atoms with Crippen LogP contribution < -0.4 is 11.1 Å². The third kappa shape index (κ3) is 2.09. The van der Waals surface area contributed by atoms with Crippen molar-refractivity contribution in [1.82, 2.24) is 5.32 Å². The molecule has 19 heavy (non-hydrogen) atoms. The predicted octanol–water partition coefficient (Wildman–Crippen LogP) is 2.09. The second kappa shape index (κ2) is 4.92. The molecule has 0 saturated heterocycles. The average molecular weight is 285 g/mol. The zero-order valence-corrected chi connectivity index (χ0v) is 12.2. The second-order valence-electron chi connectivity index (χ2n) is 7.23. The standard InChI is InChI=1S/C15H24N2O.ClH/c16-14-11-4-3-10(7-11)13(14)15(18)17-12-6-8-1-2-9(12)5-8;/h8-14H,1-7,16H2,(H,17,18);1H. The minimum absolute atomic E-state index is 0. The van der Waals surface area contributed by atoms with Crippen LogP contribution in [0.5, 0.6) is 0 Å². The van der Waals surface area contributed by atoms with Crippen LogP contribution in [0.1, 0.15) is 44.9 Å². The minimum Gasteiger partial charge on any atom is -0.353 e. The smallest absolute Gasteiger partial charge is 0.225 e. The lowest BCUT2D eigenvalue weighted by atomic mass is 9.83. The second-order valence-corrected chi connectivity index (χ2v) is 7.23. The number of hydrogen-bond donors (Lipinski definition) is 2. The number of rotatable bonds is 2. The van der Waals surface area contributed by atoms with Crippen LogP contribution in [0.15, 0.2) is 0 Å². The van der Waals surface area contributed by atoms with Gasteiger partial charge in [0.05, 0.1) is 5.92 Å². The molecule has 0 heterocycles. The highest BCUT2D eigenvalue weighted by atomic mass is 35.5. The van der Waals surface area contributed by atoms with E-state index in [9.17, 15) is 4.79 Å². The van der Waals surface area contributed by atoms with E-state index in [1.54, 1.807) is 0 Å². The topological polar surface area (TPSA) is 55.1 Å². The molecule has 0 radical (unpaired) electrons. The highest BCUT2D eigenvalue weighted by Crippen LogP contribution is 2.48. The van der Waals surface area contributed by atoms with Crippen molar-refractivity contribution in [2.45, 2.75) is 57.0 Å². The summed E-state index contributed by atoms with van der Waals surface area (Å²) in [5, 5.41) is 3.35. The molecule has 1 amide bonds. The monoisotopic (exact) mass is 284 g/mol. The van der Waals surface area contributed by atoms with Gasteiger partial charge in [0.25, 0.3) is 0 Å². The summed E-state index contributed by atoms with van der Waals surface area (Å²) in [7, 11) is 0. The maximum absolute atomic E-state index is 12.5. The number of nitrogens with two attached hydrogens (primary N) is 1. The first-order valence-electron chi connectivity index (χ1n) is 7.78. The minimum atomic E-state index is 0. The fourth-order valence-electron chi connectivity index (χ4n) is 5.43. The molecule has 0 aromatic heterocycles. The molecule has 7 unspecified atom stereocenters. The first-order chi connectivity index (χ1) is 8.72. The third-order valence-corrected chi connectivity index (χ3v) is 6.35. The van der Waals surface area contributed by atoms with Crippen molar-refractivity contribution in [3.63, 3.8) is 0 Å². The summed E-state index contributed by atoms with van der Waals surface area (Å²) in [6, 6.07) is 0.616. The first-order valence-corrected chi connectivity index (χ1v) is 7.78. The molecule has 0 aromatic carbocycles. The Hall–Kier alpha value is -0.280.